The summed E-state index contributed by atoms with van der Waals surface area (Å²) in [6.45, 7) is 8.49. The molecule has 9 heteroatoms. The van der Waals surface area contributed by atoms with Crippen LogP contribution in [0.1, 0.15) is 51.5 Å². The zero-order valence-electron chi connectivity index (χ0n) is 17.2. The van der Waals surface area contributed by atoms with Crippen LogP contribution < -0.4 is 11.1 Å². The Morgan fingerprint density at radius 3 is 2.41 bits per heavy atom. The molecule has 1 heterocycles. The van der Waals surface area contributed by atoms with Crippen LogP contribution in [0.5, 0.6) is 0 Å². The molecule has 2 amide bonds. The van der Waals surface area contributed by atoms with Gasteiger partial charge in [-0.05, 0) is 37.5 Å². The number of halogens is 1. The van der Waals surface area contributed by atoms with Gasteiger partial charge in [0.05, 0.1) is 11.3 Å². The Balaban J connectivity index is 2.06. The standard InChI is InChI=1S/C20H28FN5O2S/c1-12(2)11-26-18(10-9-17(22)27)24-25-20(26)29-14(4)19(28)23-13(3)15-5-7-16(21)8-6-15/h5-8,12-14H,9-11H2,1-4H3,(H2,22,27)(H,23,28)/t13-,14-/m0/s1. The molecule has 29 heavy (non-hydrogen) atoms. The van der Waals surface area contributed by atoms with Gasteiger partial charge in [0.1, 0.15) is 11.6 Å². The molecule has 0 aliphatic heterocycles. The minimum atomic E-state index is -0.406. The van der Waals surface area contributed by atoms with Crippen molar-refractivity contribution in [3.63, 3.8) is 0 Å². The number of nitrogens with one attached hydrogen (secondary N) is 1. The minimum Gasteiger partial charge on any atom is -0.370 e. The van der Waals surface area contributed by atoms with Gasteiger partial charge in [0.2, 0.25) is 11.8 Å². The van der Waals surface area contributed by atoms with Gasteiger partial charge >= 0.3 is 0 Å². The first-order valence-electron chi connectivity index (χ1n) is 9.60. The number of benzene rings is 1. The largest absolute Gasteiger partial charge is 0.370 e. The number of carbonyl (C=O) groups is 2. The number of primary amides is 1. The zero-order chi connectivity index (χ0) is 21.6. The Hall–Kier alpha value is -2.42. The van der Waals surface area contributed by atoms with Crippen molar-refractivity contribution in [2.24, 2.45) is 11.7 Å². The summed E-state index contributed by atoms with van der Waals surface area (Å²) in [5.74, 6) is 0.186. The van der Waals surface area contributed by atoms with E-state index in [9.17, 15) is 14.0 Å². The second kappa shape index (κ2) is 10.4. The minimum absolute atomic E-state index is 0.149. The number of amides is 2. The first kappa shape index (κ1) is 22.9. The number of thioether (sulfide) groups is 1. The summed E-state index contributed by atoms with van der Waals surface area (Å²) in [6.07, 6.45) is 0.615. The number of rotatable bonds is 10. The van der Waals surface area contributed by atoms with Gasteiger partial charge in [-0.25, -0.2) is 4.39 Å². The van der Waals surface area contributed by atoms with Crippen molar-refractivity contribution in [3.8, 4) is 0 Å². The van der Waals surface area contributed by atoms with Gasteiger partial charge < -0.3 is 15.6 Å². The third-order valence-corrected chi connectivity index (χ3v) is 5.40. The molecular formula is C20H28FN5O2S. The van der Waals surface area contributed by atoms with E-state index in [0.29, 0.717) is 29.9 Å². The lowest BCUT2D eigenvalue weighted by atomic mass is 10.1. The van der Waals surface area contributed by atoms with Gasteiger partial charge in [0.15, 0.2) is 5.16 Å². The maximum Gasteiger partial charge on any atom is 0.233 e. The van der Waals surface area contributed by atoms with E-state index in [1.165, 1.54) is 23.9 Å². The fourth-order valence-electron chi connectivity index (χ4n) is 2.75. The molecule has 0 bridgehead atoms. The highest BCUT2D eigenvalue weighted by molar-refractivity contribution is 8.00. The maximum absolute atomic E-state index is 13.1. The molecule has 0 unspecified atom stereocenters. The van der Waals surface area contributed by atoms with Crippen LogP contribution in [0.4, 0.5) is 4.39 Å². The molecular weight excluding hydrogens is 393 g/mol. The van der Waals surface area contributed by atoms with Crippen molar-refractivity contribution < 1.29 is 14.0 Å². The lowest BCUT2D eigenvalue weighted by Gasteiger charge is -2.18. The van der Waals surface area contributed by atoms with Crippen molar-refractivity contribution in [1.29, 1.82) is 0 Å². The number of aromatic nitrogens is 3. The number of nitrogens with two attached hydrogens (primary N) is 1. The van der Waals surface area contributed by atoms with Crippen LogP contribution in [-0.4, -0.2) is 31.8 Å². The van der Waals surface area contributed by atoms with Crippen LogP contribution in [0.3, 0.4) is 0 Å². The number of hydrogen-bond acceptors (Lipinski definition) is 5. The Bertz CT molecular complexity index is 838. The molecule has 3 N–H and O–H groups in total. The van der Waals surface area contributed by atoms with Crippen molar-refractivity contribution in [1.82, 2.24) is 20.1 Å². The summed E-state index contributed by atoms with van der Waals surface area (Å²) in [4.78, 5) is 23.7. The first-order valence-corrected chi connectivity index (χ1v) is 10.5. The van der Waals surface area contributed by atoms with Crippen LogP contribution in [0.2, 0.25) is 0 Å². The van der Waals surface area contributed by atoms with E-state index in [2.05, 4.69) is 29.4 Å². The molecule has 7 nitrogen and oxygen atoms in total. The normalized spacial score (nSPS) is 13.3. The predicted octanol–water partition coefficient (Wildman–Crippen LogP) is 2.85. The summed E-state index contributed by atoms with van der Waals surface area (Å²) in [5.41, 5.74) is 6.07. The van der Waals surface area contributed by atoms with Crippen LogP contribution >= 0.6 is 11.8 Å². The molecule has 2 aromatic rings. The molecule has 0 fully saturated rings. The molecule has 158 valence electrons. The van der Waals surface area contributed by atoms with Crippen molar-refractivity contribution >= 4 is 23.6 Å². The molecule has 2 atom stereocenters. The Morgan fingerprint density at radius 2 is 1.83 bits per heavy atom. The molecule has 0 spiro atoms. The fraction of sp³-hybridized carbons (Fsp3) is 0.500. The summed E-state index contributed by atoms with van der Waals surface area (Å²) in [5, 5.41) is 11.6. The van der Waals surface area contributed by atoms with Gasteiger partial charge in [-0.2, -0.15) is 0 Å². The molecule has 0 saturated carbocycles. The van der Waals surface area contributed by atoms with Crippen molar-refractivity contribution in [2.75, 3.05) is 0 Å². The first-order chi connectivity index (χ1) is 13.7. The van der Waals surface area contributed by atoms with E-state index >= 15 is 0 Å². The van der Waals surface area contributed by atoms with Crippen LogP contribution in [0, 0.1) is 11.7 Å². The molecule has 0 aliphatic rings. The second-order valence-corrected chi connectivity index (χ2v) is 8.72. The topological polar surface area (TPSA) is 103 Å². The van der Waals surface area contributed by atoms with E-state index in [1.807, 2.05) is 11.5 Å². The molecule has 0 saturated heterocycles. The fourth-order valence-corrected chi connectivity index (χ4v) is 3.64. The monoisotopic (exact) mass is 421 g/mol. The Labute approximate surface area is 174 Å². The number of aryl methyl sites for hydroxylation is 1. The quantitative estimate of drug-likeness (QED) is 0.574. The van der Waals surface area contributed by atoms with Gasteiger partial charge in [-0.3, -0.25) is 9.59 Å². The lowest BCUT2D eigenvalue weighted by molar-refractivity contribution is -0.121. The third-order valence-electron chi connectivity index (χ3n) is 4.32. The van der Waals surface area contributed by atoms with Crippen molar-refractivity contribution in [3.05, 3.63) is 41.5 Å². The van der Waals surface area contributed by atoms with E-state index in [0.717, 1.165) is 5.56 Å². The molecule has 1 aromatic heterocycles. The van der Waals surface area contributed by atoms with Gasteiger partial charge in [-0.1, -0.05) is 37.7 Å². The average Bonchev–Trinajstić information content (AvgIpc) is 3.01. The van der Waals surface area contributed by atoms with Crippen molar-refractivity contribution in [2.45, 2.75) is 63.5 Å². The van der Waals surface area contributed by atoms with E-state index < -0.39 is 5.25 Å². The average molecular weight is 422 g/mol. The number of carbonyl (C=O) groups excluding carboxylic acids is 2. The number of hydrogen-bond donors (Lipinski definition) is 2. The smallest absolute Gasteiger partial charge is 0.233 e. The Kier molecular flexibility index (Phi) is 8.19. The summed E-state index contributed by atoms with van der Waals surface area (Å²) >= 11 is 1.32. The Morgan fingerprint density at radius 1 is 1.17 bits per heavy atom. The predicted molar refractivity (Wildman–Crippen MR) is 111 cm³/mol. The number of nitrogens with zero attached hydrogens (tertiary/aromatic N) is 3. The lowest BCUT2D eigenvalue weighted by Crippen LogP contribution is -2.33. The van der Waals surface area contributed by atoms with Gasteiger partial charge in [0, 0.05) is 19.4 Å². The molecule has 0 aliphatic carbocycles. The zero-order valence-corrected chi connectivity index (χ0v) is 18.0. The summed E-state index contributed by atoms with van der Waals surface area (Å²) in [6, 6.07) is 5.81. The summed E-state index contributed by atoms with van der Waals surface area (Å²) < 4.78 is 15.0. The van der Waals surface area contributed by atoms with Crippen LogP contribution in [0.15, 0.2) is 29.4 Å². The van der Waals surface area contributed by atoms with Gasteiger partial charge in [-0.15, -0.1) is 10.2 Å². The second-order valence-electron chi connectivity index (χ2n) is 7.41. The van der Waals surface area contributed by atoms with E-state index in [4.69, 9.17) is 5.73 Å². The highest BCUT2D eigenvalue weighted by Gasteiger charge is 2.22. The van der Waals surface area contributed by atoms with E-state index in [1.54, 1.807) is 19.1 Å². The molecule has 1 aromatic carbocycles. The highest BCUT2D eigenvalue weighted by Crippen LogP contribution is 2.25. The van der Waals surface area contributed by atoms with Crippen LogP contribution in [0.25, 0.3) is 0 Å². The molecule has 0 radical (unpaired) electrons. The molecule has 2 rings (SSSR count). The summed E-state index contributed by atoms with van der Waals surface area (Å²) in [7, 11) is 0. The SMILES string of the molecule is CC(C)Cn1c(CCC(N)=O)nnc1S[C@@H](C)C(=O)N[C@@H](C)c1ccc(F)cc1. The van der Waals surface area contributed by atoms with E-state index in [-0.39, 0.29) is 30.1 Å². The maximum atomic E-state index is 13.1. The third kappa shape index (κ3) is 6.85. The van der Waals surface area contributed by atoms with Gasteiger partial charge in [0.25, 0.3) is 0 Å². The highest BCUT2D eigenvalue weighted by atomic mass is 32.2. The van der Waals surface area contributed by atoms with Crippen LogP contribution in [-0.2, 0) is 22.6 Å².